The predicted molar refractivity (Wildman–Crippen MR) is 109 cm³/mol. The van der Waals surface area contributed by atoms with E-state index in [0.29, 0.717) is 0 Å². The average molecular weight is 373 g/mol. The molecule has 0 aliphatic rings. The molecule has 0 aliphatic heterocycles. The second-order valence-corrected chi connectivity index (χ2v) is 6.87. The normalized spacial score (nSPS) is 10.7. The summed E-state index contributed by atoms with van der Waals surface area (Å²) in [6.45, 7) is 1.48. The van der Waals surface area contributed by atoms with Crippen LogP contribution in [0.2, 0.25) is 0 Å². The molecular formula is C23H32O4. The fourth-order valence-electron chi connectivity index (χ4n) is 2.91. The maximum atomic E-state index is 9.22. The molecule has 4 heteroatoms. The van der Waals surface area contributed by atoms with Crippen LogP contribution < -0.4 is 9.47 Å². The lowest BCUT2D eigenvalue weighted by molar-refractivity contribution is 0.302. The molecule has 27 heavy (non-hydrogen) atoms. The van der Waals surface area contributed by atoms with Gasteiger partial charge in [-0.2, -0.15) is 0 Å². The standard InChI is InChI=1S/C23H32O4/c24-20-10-14-22(15-11-20)26-18-8-6-4-2-1-3-5-7-9-19-27-23-16-12-21(25)13-17-23/h10-17,24-25H,1-9,18-19H2. The molecule has 0 saturated carbocycles. The van der Waals surface area contributed by atoms with E-state index >= 15 is 0 Å². The lowest BCUT2D eigenvalue weighted by atomic mass is 10.1. The highest BCUT2D eigenvalue weighted by atomic mass is 16.5. The number of hydrogen-bond acceptors (Lipinski definition) is 4. The molecule has 0 bridgehead atoms. The molecule has 0 radical (unpaired) electrons. The Labute approximate surface area is 162 Å². The van der Waals surface area contributed by atoms with Crippen LogP contribution in [0.5, 0.6) is 23.0 Å². The number of unbranched alkanes of at least 4 members (excludes halogenated alkanes) is 8. The first kappa shape index (κ1) is 20.9. The summed E-state index contributed by atoms with van der Waals surface area (Å²) in [6, 6.07) is 13.8. The first-order valence-electron chi connectivity index (χ1n) is 10.1. The Balaban J connectivity index is 1.32. The Morgan fingerprint density at radius 3 is 1.07 bits per heavy atom. The molecule has 4 nitrogen and oxygen atoms in total. The topological polar surface area (TPSA) is 58.9 Å². The minimum absolute atomic E-state index is 0.271. The molecule has 0 heterocycles. The van der Waals surface area contributed by atoms with E-state index in [0.717, 1.165) is 37.6 Å². The van der Waals surface area contributed by atoms with Gasteiger partial charge in [0.1, 0.15) is 23.0 Å². The first-order valence-corrected chi connectivity index (χ1v) is 10.1. The molecular weight excluding hydrogens is 340 g/mol. The van der Waals surface area contributed by atoms with Crippen molar-refractivity contribution in [1.82, 2.24) is 0 Å². The maximum Gasteiger partial charge on any atom is 0.119 e. The second kappa shape index (κ2) is 12.9. The van der Waals surface area contributed by atoms with Crippen LogP contribution in [0, 0.1) is 0 Å². The quantitative estimate of drug-likeness (QED) is 0.395. The number of ether oxygens (including phenoxy) is 2. The van der Waals surface area contributed by atoms with Crippen molar-refractivity contribution in [2.45, 2.75) is 57.8 Å². The van der Waals surface area contributed by atoms with Gasteiger partial charge in [0, 0.05) is 0 Å². The van der Waals surface area contributed by atoms with Gasteiger partial charge in [-0.25, -0.2) is 0 Å². The van der Waals surface area contributed by atoms with Crippen LogP contribution in [-0.2, 0) is 0 Å². The lowest BCUT2D eigenvalue weighted by Gasteiger charge is -2.07. The summed E-state index contributed by atoms with van der Waals surface area (Å²) < 4.78 is 11.3. The van der Waals surface area contributed by atoms with E-state index in [1.54, 1.807) is 48.5 Å². The minimum Gasteiger partial charge on any atom is -0.508 e. The Morgan fingerprint density at radius 2 is 0.741 bits per heavy atom. The molecule has 2 aromatic rings. The highest BCUT2D eigenvalue weighted by Crippen LogP contribution is 2.17. The summed E-state index contributed by atoms with van der Waals surface area (Å²) in [4.78, 5) is 0. The van der Waals surface area contributed by atoms with E-state index in [-0.39, 0.29) is 11.5 Å². The highest BCUT2D eigenvalue weighted by molar-refractivity contribution is 5.30. The monoisotopic (exact) mass is 372 g/mol. The molecule has 0 amide bonds. The van der Waals surface area contributed by atoms with Crippen LogP contribution in [-0.4, -0.2) is 23.4 Å². The van der Waals surface area contributed by atoms with Gasteiger partial charge in [-0.15, -0.1) is 0 Å². The van der Waals surface area contributed by atoms with Crippen LogP contribution in [0.25, 0.3) is 0 Å². The third-order valence-corrected chi connectivity index (χ3v) is 4.50. The molecule has 0 unspecified atom stereocenters. The van der Waals surface area contributed by atoms with Crippen LogP contribution >= 0.6 is 0 Å². The summed E-state index contributed by atoms with van der Waals surface area (Å²) in [5.41, 5.74) is 0. The largest absolute Gasteiger partial charge is 0.508 e. The molecule has 2 N–H and O–H groups in total. The van der Waals surface area contributed by atoms with Crippen LogP contribution in [0.3, 0.4) is 0 Å². The summed E-state index contributed by atoms with van der Waals surface area (Å²) in [5, 5.41) is 18.4. The molecule has 148 valence electrons. The van der Waals surface area contributed by atoms with Crippen molar-refractivity contribution in [3.05, 3.63) is 48.5 Å². The van der Waals surface area contributed by atoms with E-state index < -0.39 is 0 Å². The maximum absolute atomic E-state index is 9.22. The van der Waals surface area contributed by atoms with Gasteiger partial charge in [-0.1, -0.05) is 44.9 Å². The third-order valence-electron chi connectivity index (χ3n) is 4.50. The van der Waals surface area contributed by atoms with E-state index in [1.165, 1.54) is 44.9 Å². The van der Waals surface area contributed by atoms with Crippen molar-refractivity contribution in [3.8, 4) is 23.0 Å². The Bertz CT molecular complexity index is 552. The van der Waals surface area contributed by atoms with Gasteiger partial charge in [-0.3, -0.25) is 0 Å². The summed E-state index contributed by atoms with van der Waals surface area (Å²) in [5.74, 6) is 2.18. The zero-order chi connectivity index (χ0) is 19.2. The van der Waals surface area contributed by atoms with Gasteiger partial charge in [0.2, 0.25) is 0 Å². The fourth-order valence-corrected chi connectivity index (χ4v) is 2.91. The summed E-state index contributed by atoms with van der Waals surface area (Å²) in [7, 11) is 0. The summed E-state index contributed by atoms with van der Waals surface area (Å²) >= 11 is 0. The number of aromatic hydroxyl groups is 2. The number of phenolic OH excluding ortho intramolecular Hbond substituents is 2. The number of rotatable bonds is 14. The Kier molecular flexibility index (Phi) is 10.0. The smallest absolute Gasteiger partial charge is 0.119 e. The van der Waals surface area contributed by atoms with Crippen LogP contribution in [0.4, 0.5) is 0 Å². The second-order valence-electron chi connectivity index (χ2n) is 6.87. The minimum atomic E-state index is 0.271. The Hall–Kier alpha value is -2.36. The molecule has 0 saturated heterocycles. The molecule has 0 aliphatic carbocycles. The first-order chi connectivity index (χ1) is 13.2. The lowest BCUT2D eigenvalue weighted by Crippen LogP contribution is -1.97. The van der Waals surface area contributed by atoms with Crippen molar-refractivity contribution < 1.29 is 19.7 Å². The zero-order valence-electron chi connectivity index (χ0n) is 16.1. The molecule has 2 aromatic carbocycles. The third kappa shape index (κ3) is 9.78. The van der Waals surface area contributed by atoms with E-state index in [1.807, 2.05) is 0 Å². The van der Waals surface area contributed by atoms with E-state index in [4.69, 9.17) is 9.47 Å². The predicted octanol–water partition coefficient (Wildman–Crippen LogP) is 6.07. The van der Waals surface area contributed by atoms with Gasteiger partial charge >= 0.3 is 0 Å². The van der Waals surface area contributed by atoms with Crippen molar-refractivity contribution in [2.24, 2.45) is 0 Å². The zero-order valence-corrected chi connectivity index (χ0v) is 16.1. The van der Waals surface area contributed by atoms with Crippen molar-refractivity contribution in [1.29, 1.82) is 0 Å². The molecule has 0 fully saturated rings. The number of benzene rings is 2. The van der Waals surface area contributed by atoms with Crippen molar-refractivity contribution >= 4 is 0 Å². The Morgan fingerprint density at radius 1 is 0.444 bits per heavy atom. The SMILES string of the molecule is Oc1ccc(OCCCCCCCCCCCOc2ccc(O)cc2)cc1. The van der Waals surface area contributed by atoms with E-state index in [9.17, 15) is 10.2 Å². The van der Waals surface area contributed by atoms with Crippen molar-refractivity contribution in [2.75, 3.05) is 13.2 Å². The van der Waals surface area contributed by atoms with Crippen LogP contribution in [0.1, 0.15) is 57.8 Å². The average Bonchev–Trinajstić information content (AvgIpc) is 2.68. The fraction of sp³-hybridized carbons (Fsp3) is 0.478. The highest BCUT2D eigenvalue weighted by Gasteiger charge is 1.97. The van der Waals surface area contributed by atoms with Gasteiger partial charge < -0.3 is 19.7 Å². The van der Waals surface area contributed by atoms with E-state index in [2.05, 4.69) is 0 Å². The van der Waals surface area contributed by atoms with Gasteiger partial charge in [0.25, 0.3) is 0 Å². The van der Waals surface area contributed by atoms with Gasteiger partial charge in [0.15, 0.2) is 0 Å². The molecule has 2 rings (SSSR count). The van der Waals surface area contributed by atoms with Crippen LogP contribution in [0.15, 0.2) is 48.5 Å². The van der Waals surface area contributed by atoms with Crippen molar-refractivity contribution in [3.63, 3.8) is 0 Å². The summed E-state index contributed by atoms with van der Waals surface area (Å²) in [6.07, 6.45) is 11.0. The molecule has 0 spiro atoms. The van der Waals surface area contributed by atoms with Gasteiger partial charge in [0.05, 0.1) is 13.2 Å². The molecule has 0 atom stereocenters. The number of hydrogen-bond donors (Lipinski definition) is 2. The molecule has 0 aromatic heterocycles. The number of phenols is 2. The van der Waals surface area contributed by atoms with Gasteiger partial charge in [-0.05, 0) is 61.4 Å².